The minimum Gasteiger partial charge on any atom is -0.306 e. The van der Waals surface area contributed by atoms with Gasteiger partial charge in [0.2, 0.25) is 0 Å². The van der Waals surface area contributed by atoms with E-state index in [1.165, 1.54) is 84.6 Å². The Morgan fingerprint density at radius 2 is 1.43 bits per heavy atom. The van der Waals surface area contributed by atoms with Gasteiger partial charge in [-0.1, -0.05) is 0 Å². The number of rotatable bonds is 4. The maximum atomic E-state index is 2.77. The van der Waals surface area contributed by atoms with Gasteiger partial charge < -0.3 is 14.7 Å². The lowest BCUT2D eigenvalue weighted by atomic mass is 10.0. The van der Waals surface area contributed by atoms with E-state index in [4.69, 9.17) is 0 Å². The summed E-state index contributed by atoms with van der Waals surface area (Å²) in [5.74, 6) is 0.960. The van der Waals surface area contributed by atoms with Gasteiger partial charge in [-0.2, -0.15) is 0 Å². The highest BCUT2D eigenvalue weighted by Gasteiger charge is 2.27. The zero-order valence-corrected chi connectivity index (χ0v) is 14.1. The van der Waals surface area contributed by atoms with Gasteiger partial charge in [-0.25, -0.2) is 0 Å². The molecule has 0 unspecified atom stereocenters. The van der Waals surface area contributed by atoms with Crippen molar-refractivity contribution in [1.29, 1.82) is 0 Å². The number of likely N-dealkylation sites (tertiary alicyclic amines) is 2. The zero-order valence-electron chi connectivity index (χ0n) is 14.1. The van der Waals surface area contributed by atoms with Gasteiger partial charge in [0, 0.05) is 38.8 Å². The highest BCUT2D eigenvalue weighted by molar-refractivity contribution is 4.83. The van der Waals surface area contributed by atoms with E-state index in [2.05, 4.69) is 33.7 Å². The molecule has 0 aromatic carbocycles. The smallest absolute Gasteiger partial charge is 0.0121 e. The second-order valence-corrected chi connectivity index (χ2v) is 7.62. The van der Waals surface area contributed by atoms with Gasteiger partial charge in [0.05, 0.1) is 0 Å². The van der Waals surface area contributed by atoms with Crippen LogP contribution in [0.5, 0.6) is 0 Å². The molecule has 0 saturated carbocycles. The van der Waals surface area contributed by atoms with Crippen molar-refractivity contribution in [1.82, 2.24) is 19.6 Å². The lowest BCUT2D eigenvalue weighted by Crippen LogP contribution is -2.53. The summed E-state index contributed by atoms with van der Waals surface area (Å²) in [4.78, 5) is 10.4. The first-order valence-electron chi connectivity index (χ1n) is 9.04. The average molecular weight is 294 g/mol. The standard InChI is InChI=1S/C17H34N4/c1-18-8-5-17(6-9-18)21-13-11-20(12-14-21)10-4-16-3-7-19(2)15-16/h16-17H,3-15H2,1-2H3/t16-/m0/s1. The summed E-state index contributed by atoms with van der Waals surface area (Å²) in [6.07, 6.45) is 5.60. The summed E-state index contributed by atoms with van der Waals surface area (Å²) in [6.45, 7) is 11.8. The van der Waals surface area contributed by atoms with E-state index < -0.39 is 0 Å². The van der Waals surface area contributed by atoms with Crippen molar-refractivity contribution in [2.24, 2.45) is 5.92 Å². The van der Waals surface area contributed by atoms with Crippen LogP contribution in [0.4, 0.5) is 0 Å². The van der Waals surface area contributed by atoms with Crippen LogP contribution in [0.25, 0.3) is 0 Å². The number of hydrogen-bond donors (Lipinski definition) is 0. The molecule has 3 saturated heterocycles. The number of hydrogen-bond acceptors (Lipinski definition) is 4. The SMILES string of the molecule is CN1CCC(N2CCN(CC[C@@H]3CCN(C)C3)CC2)CC1. The van der Waals surface area contributed by atoms with Crippen molar-refractivity contribution in [2.75, 3.05) is 73.0 Å². The highest BCUT2D eigenvalue weighted by Crippen LogP contribution is 2.20. The fraction of sp³-hybridized carbons (Fsp3) is 1.00. The topological polar surface area (TPSA) is 13.0 Å². The first-order chi connectivity index (χ1) is 10.2. The Labute approximate surface area is 131 Å². The van der Waals surface area contributed by atoms with E-state index in [0.29, 0.717) is 0 Å². The van der Waals surface area contributed by atoms with Crippen molar-refractivity contribution in [2.45, 2.75) is 31.7 Å². The van der Waals surface area contributed by atoms with Crippen molar-refractivity contribution >= 4 is 0 Å². The predicted octanol–water partition coefficient (Wildman–Crippen LogP) is 1.04. The minimum atomic E-state index is 0.867. The van der Waals surface area contributed by atoms with Gasteiger partial charge in [-0.3, -0.25) is 4.90 Å². The quantitative estimate of drug-likeness (QED) is 0.768. The number of nitrogens with zero attached hydrogens (tertiary/aromatic N) is 4. The molecular formula is C17H34N4. The third kappa shape index (κ3) is 4.41. The number of piperazine rings is 1. The zero-order chi connectivity index (χ0) is 14.7. The van der Waals surface area contributed by atoms with Crippen LogP contribution >= 0.6 is 0 Å². The first kappa shape index (κ1) is 15.7. The summed E-state index contributed by atoms with van der Waals surface area (Å²) >= 11 is 0. The van der Waals surface area contributed by atoms with Crippen LogP contribution < -0.4 is 0 Å². The fourth-order valence-electron chi connectivity index (χ4n) is 4.34. The van der Waals surface area contributed by atoms with E-state index in [9.17, 15) is 0 Å². The molecule has 122 valence electrons. The van der Waals surface area contributed by atoms with E-state index >= 15 is 0 Å². The lowest BCUT2D eigenvalue weighted by molar-refractivity contribution is 0.0626. The Morgan fingerprint density at radius 1 is 0.762 bits per heavy atom. The van der Waals surface area contributed by atoms with Crippen molar-refractivity contribution in [3.05, 3.63) is 0 Å². The van der Waals surface area contributed by atoms with Gasteiger partial charge in [-0.15, -0.1) is 0 Å². The Balaban J connectivity index is 1.33. The maximum absolute atomic E-state index is 2.77. The van der Waals surface area contributed by atoms with Gasteiger partial charge in [0.1, 0.15) is 0 Å². The maximum Gasteiger partial charge on any atom is 0.0121 e. The van der Waals surface area contributed by atoms with Gasteiger partial charge in [-0.05, 0) is 71.9 Å². The molecule has 3 heterocycles. The van der Waals surface area contributed by atoms with E-state index in [1.807, 2.05) is 0 Å². The monoisotopic (exact) mass is 294 g/mol. The molecule has 3 aliphatic rings. The third-order valence-corrected chi connectivity index (χ3v) is 5.95. The normalized spacial score (nSPS) is 32.0. The molecular weight excluding hydrogens is 260 g/mol. The first-order valence-corrected chi connectivity index (χ1v) is 9.04. The fourth-order valence-corrected chi connectivity index (χ4v) is 4.34. The molecule has 0 spiro atoms. The Morgan fingerprint density at radius 3 is 2.05 bits per heavy atom. The second-order valence-electron chi connectivity index (χ2n) is 7.62. The minimum absolute atomic E-state index is 0.867. The molecule has 4 nitrogen and oxygen atoms in total. The third-order valence-electron chi connectivity index (χ3n) is 5.95. The molecule has 0 N–H and O–H groups in total. The van der Waals surface area contributed by atoms with Crippen molar-refractivity contribution in [3.8, 4) is 0 Å². The summed E-state index contributed by atoms with van der Waals surface area (Å²) in [6, 6.07) is 0.867. The molecule has 0 bridgehead atoms. The predicted molar refractivity (Wildman–Crippen MR) is 88.8 cm³/mol. The molecule has 0 amide bonds. The lowest BCUT2D eigenvalue weighted by Gasteiger charge is -2.42. The van der Waals surface area contributed by atoms with E-state index in [0.717, 1.165) is 12.0 Å². The number of piperidine rings is 1. The molecule has 0 aromatic rings. The summed E-state index contributed by atoms with van der Waals surface area (Å²) in [5, 5.41) is 0. The molecule has 3 aliphatic heterocycles. The van der Waals surface area contributed by atoms with Crippen molar-refractivity contribution in [3.63, 3.8) is 0 Å². The van der Waals surface area contributed by atoms with Crippen LogP contribution in [0.2, 0.25) is 0 Å². The van der Waals surface area contributed by atoms with Crippen LogP contribution in [-0.4, -0.2) is 98.6 Å². The molecule has 3 rings (SSSR count). The van der Waals surface area contributed by atoms with Crippen LogP contribution in [-0.2, 0) is 0 Å². The molecule has 0 radical (unpaired) electrons. The molecule has 3 fully saturated rings. The highest BCUT2D eigenvalue weighted by atomic mass is 15.3. The summed E-state index contributed by atoms with van der Waals surface area (Å²) in [5.41, 5.74) is 0. The Bertz CT molecular complexity index is 306. The average Bonchev–Trinajstić information content (AvgIpc) is 2.92. The molecule has 1 atom stereocenters. The van der Waals surface area contributed by atoms with Crippen LogP contribution in [0.1, 0.15) is 25.7 Å². The van der Waals surface area contributed by atoms with Crippen LogP contribution in [0, 0.1) is 5.92 Å². The molecule has 4 heteroatoms. The van der Waals surface area contributed by atoms with Crippen LogP contribution in [0.15, 0.2) is 0 Å². The molecule has 0 aliphatic carbocycles. The second kappa shape index (κ2) is 7.40. The summed E-state index contributed by atoms with van der Waals surface area (Å²) in [7, 11) is 4.52. The van der Waals surface area contributed by atoms with E-state index in [1.54, 1.807) is 0 Å². The van der Waals surface area contributed by atoms with Gasteiger partial charge in [0.15, 0.2) is 0 Å². The van der Waals surface area contributed by atoms with Crippen molar-refractivity contribution < 1.29 is 0 Å². The van der Waals surface area contributed by atoms with Gasteiger partial charge in [0.25, 0.3) is 0 Å². The molecule has 0 aromatic heterocycles. The Hall–Kier alpha value is -0.160. The van der Waals surface area contributed by atoms with Crippen LogP contribution in [0.3, 0.4) is 0 Å². The summed E-state index contributed by atoms with van der Waals surface area (Å²) < 4.78 is 0. The van der Waals surface area contributed by atoms with Gasteiger partial charge >= 0.3 is 0 Å². The molecule has 21 heavy (non-hydrogen) atoms. The Kier molecular flexibility index (Phi) is 5.54. The largest absolute Gasteiger partial charge is 0.306 e. The van der Waals surface area contributed by atoms with E-state index in [-0.39, 0.29) is 0 Å².